The lowest BCUT2D eigenvalue weighted by atomic mass is 10.1. The van der Waals surface area contributed by atoms with Gasteiger partial charge in [-0.05, 0) is 18.9 Å². The predicted molar refractivity (Wildman–Crippen MR) is 67.0 cm³/mol. The zero-order chi connectivity index (χ0) is 11.7. The lowest BCUT2D eigenvalue weighted by Gasteiger charge is -2.14. The summed E-state index contributed by atoms with van der Waals surface area (Å²) in [6, 6.07) is 0. The second-order valence-corrected chi connectivity index (χ2v) is 4.34. The quantitative estimate of drug-likeness (QED) is 0.759. The molecule has 0 bridgehead atoms. The van der Waals surface area contributed by atoms with E-state index in [2.05, 4.69) is 19.4 Å². The van der Waals surface area contributed by atoms with Gasteiger partial charge in [0.15, 0.2) is 12.0 Å². The van der Waals surface area contributed by atoms with Gasteiger partial charge in [0, 0.05) is 22.1 Å². The first kappa shape index (κ1) is 10.9. The average molecular weight is 251 g/mol. The average Bonchev–Trinajstić information content (AvgIpc) is 2.95. The highest BCUT2D eigenvalue weighted by Crippen LogP contribution is 2.36. The van der Waals surface area contributed by atoms with Crippen LogP contribution in [0.15, 0.2) is 23.7 Å². The molecule has 0 amide bonds. The van der Waals surface area contributed by atoms with Gasteiger partial charge in [0.05, 0.1) is 12.6 Å². The second kappa shape index (κ2) is 4.59. The van der Waals surface area contributed by atoms with Gasteiger partial charge in [0.1, 0.15) is 11.8 Å². The summed E-state index contributed by atoms with van der Waals surface area (Å²) in [6.07, 6.45) is 10.1. The molecule has 3 heterocycles. The number of aliphatic imine (C=N–C) groups is 1. The Hall–Kier alpha value is -1.19. The maximum atomic E-state index is 5.50. The third kappa shape index (κ3) is 1.90. The number of hydrogen-bond donors (Lipinski definition) is 0. The third-order valence-corrected chi connectivity index (χ3v) is 3.34. The van der Waals surface area contributed by atoms with Crippen LogP contribution in [0, 0.1) is 0 Å². The normalized spacial score (nSPS) is 26.6. The van der Waals surface area contributed by atoms with Crippen molar-refractivity contribution in [1.29, 1.82) is 0 Å². The van der Waals surface area contributed by atoms with Gasteiger partial charge in [-0.1, -0.05) is 0 Å². The molecule has 90 valence electrons. The molecular weight excluding hydrogens is 237 g/mol. The topological polar surface area (TPSA) is 48.6 Å². The van der Waals surface area contributed by atoms with Crippen molar-refractivity contribution < 1.29 is 9.26 Å². The molecule has 3 rings (SSSR count). The minimum atomic E-state index is -0.0216. The van der Waals surface area contributed by atoms with Crippen LogP contribution in [0.3, 0.4) is 0 Å². The predicted octanol–water partition coefficient (Wildman–Crippen LogP) is 2.66. The zero-order valence-corrected chi connectivity index (χ0v) is 10.5. The van der Waals surface area contributed by atoms with Gasteiger partial charge in [-0.25, -0.2) is 9.98 Å². The minimum Gasteiger partial charge on any atom is -0.478 e. The van der Waals surface area contributed by atoms with Crippen molar-refractivity contribution in [1.82, 2.24) is 9.55 Å². The molecule has 0 aliphatic carbocycles. The lowest BCUT2D eigenvalue weighted by Crippen LogP contribution is -2.05. The van der Waals surface area contributed by atoms with Crippen LogP contribution in [0.25, 0.3) is 0 Å². The van der Waals surface area contributed by atoms with Gasteiger partial charge < -0.3 is 9.26 Å². The molecule has 2 aliphatic rings. The zero-order valence-electron chi connectivity index (χ0n) is 9.32. The van der Waals surface area contributed by atoms with E-state index < -0.39 is 0 Å². The fourth-order valence-corrected chi connectivity index (χ4v) is 2.40. The second-order valence-electron chi connectivity index (χ2n) is 4.07. The van der Waals surface area contributed by atoms with Crippen molar-refractivity contribution in [2.45, 2.75) is 31.6 Å². The number of ether oxygens (including phenoxy) is 1. The molecule has 0 aromatic carbocycles. The molecule has 1 aromatic rings. The van der Waals surface area contributed by atoms with E-state index in [4.69, 9.17) is 9.26 Å². The summed E-state index contributed by atoms with van der Waals surface area (Å²) >= 11 is 0. The van der Waals surface area contributed by atoms with Crippen molar-refractivity contribution in [3.05, 3.63) is 24.4 Å². The van der Waals surface area contributed by atoms with Gasteiger partial charge in [0.2, 0.25) is 0 Å². The largest absolute Gasteiger partial charge is 0.478 e. The van der Waals surface area contributed by atoms with E-state index in [0.29, 0.717) is 0 Å². The molecular formula is C11H14N3O2P. The summed E-state index contributed by atoms with van der Waals surface area (Å²) in [5.41, 5.74) is 0.893. The summed E-state index contributed by atoms with van der Waals surface area (Å²) in [6.45, 7) is 0. The molecule has 6 heteroatoms. The summed E-state index contributed by atoms with van der Waals surface area (Å²) in [5, 5.41) is 0. The summed E-state index contributed by atoms with van der Waals surface area (Å²) in [5.74, 6) is 0.851. The van der Waals surface area contributed by atoms with Crippen molar-refractivity contribution in [2.24, 2.45) is 4.99 Å². The Morgan fingerprint density at radius 2 is 2.47 bits per heavy atom. The molecule has 3 atom stereocenters. The highest BCUT2D eigenvalue weighted by molar-refractivity contribution is 7.09. The van der Waals surface area contributed by atoms with Crippen LogP contribution in [-0.4, -0.2) is 15.8 Å². The van der Waals surface area contributed by atoms with E-state index in [1.54, 1.807) is 12.6 Å². The SMILES string of the molecule is PO[C@@H]1CCC=Nc2c1ncn2[C@H]1CC=CO1. The molecule has 0 saturated carbocycles. The van der Waals surface area contributed by atoms with Crippen molar-refractivity contribution in [2.75, 3.05) is 0 Å². The van der Waals surface area contributed by atoms with E-state index in [0.717, 1.165) is 30.8 Å². The van der Waals surface area contributed by atoms with Crippen LogP contribution in [0.2, 0.25) is 0 Å². The Labute approximate surface area is 102 Å². The Balaban J connectivity index is 1.98. The maximum absolute atomic E-state index is 5.50. The fourth-order valence-electron chi connectivity index (χ4n) is 2.14. The Morgan fingerprint density at radius 3 is 3.24 bits per heavy atom. The fraction of sp³-hybridized carbons (Fsp3) is 0.455. The van der Waals surface area contributed by atoms with E-state index in [-0.39, 0.29) is 12.3 Å². The lowest BCUT2D eigenvalue weighted by molar-refractivity contribution is 0.106. The van der Waals surface area contributed by atoms with E-state index in [1.807, 2.05) is 16.9 Å². The van der Waals surface area contributed by atoms with Crippen LogP contribution in [-0.2, 0) is 9.26 Å². The van der Waals surface area contributed by atoms with Gasteiger partial charge in [-0.3, -0.25) is 4.57 Å². The smallest absolute Gasteiger partial charge is 0.181 e. The highest BCUT2D eigenvalue weighted by Gasteiger charge is 2.25. The van der Waals surface area contributed by atoms with Gasteiger partial charge in [-0.15, -0.1) is 0 Å². The molecule has 0 radical (unpaired) electrons. The van der Waals surface area contributed by atoms with E-state index in [1.165, 1.54) is 0 Å². The Bertz CT molecular complexity index is 461. The molecule has 0 N–H and O–H groups in total. The van der Waals surface area contributed by atoms with Crippen LogP contribution in [0.4, 0.5) is 5.82 Å². The maximum Gasteiger partial charge on any atom is 0.181 e. The van der Waals surface area contributed by atoms with E-state index in [9.17, 15) is 0 Å². The van der Waals surface area contributed by atoms with Crippen LogP contribution in [0.5, 0.6) is 0 Å². The monoisotopic (exact) mass is 251 g/mol. The highest BCUT2D eigenvalue weighted by atomic mass is 31.0. The summed E-state index contributed by atoms with van der Waals surface area (Å²) < 4.78 is 12.8. The number of rotatable bonds is 2. The van der Waals surface area contributed by atoms with Gasteiger partial charge in [-0.2, -0.15) is 0 Å². The molecule has 1 unspecified atom stereocenters. The van der Waals surface area contributed by atoms with Crippen molar-refractivity contribution in [3.8, 4) is 0 Å². The number of aromatic nitrogens is 2. The molecule has 0 spiro atoms. The minimum absolute atomic E-state index is 0.00638. The number of nitrogens with zero attached hydrogens (tertiary/aromatic N) is 3. The van der Waals surface area contributed by atoms with Gasteiger partial charge >= 0.3 is 0 Å². The summed E-state index contributed by atoms with van der Waals surface area (Å²) in [7, 11) is 2.31. The molecule has 0 fully saturated rings. The molecule has 1 aromatic heterocycles. The third-order valence-electron chi connectivity index (χ3n) is 3.02. The first-order chi connectivity index (χ1) is 8.40. The number of hydrogen-bond acceptors (Lipinski definition) is 4. The molecule has 17 heavy (non-hydrogen) atoms. The van der Waals surface area contributed by atoms with Crippen LogP contribution in [0.1, 0.15) is 37.3 Å². The summed E-state index contributed by atoms with van der Waals surface area (Å²) in [4.78, 5) is 8.88. The molecule has 5 nitrogen and oxygen atoms in total. The Kier molecular flexibility index (Phi) is 2.95. The molecule has 2 aliphatic heterocycles. The van der Waals surface area contributed by atoms with Crippen LogP contribution >= 0.6 is 9.47 Å². The van der Waals surface area contributed by atoms with Crippen molar-refractivity contribution >= 4 is 21.5 Å². The first-order valence-electron chi connectivity index (χ1n) is 5.65. The molecule has 0 saturated heterocycles. The van der Waals surface area contributed by atoms with E-state index >= 15 is 0 Å². The first-order valence-corrected chi connectivity index (χ1v) is 6.12. The van der Waals surface area contributed by atoms with Crippen LogP contribution < -0.4 is 0 Å². The number of imidazole rings is 1. The number of fused-ring (bicyclic) bond motifs is 1. The van der Waals surface area contributed by atoms with Crippen molar-refractivity contribution in [3.63, 3.8) is 0 Å². The van der Waals surface area contributed by atoms with Gasteiger partial charge in [0.25, 0.3) is 0 Å². The standard InChI is InChI=1S/C11H14N3O2P/c17-16-8-3-1-5-12-11-10(8)13-7-14(11)9-4-2-6-15-9/h2,5-9H,1,3-4,17H2/t8-,9-/m1/s1. The Morgan fingerprint density at radius 1 is 1.53 bits per heavy atom.